The zero-order valence-corrected chi connectivity index (χ0v) is 16.6. The molecule has 2 heterocycles. The van der Waals surface area contributed by atoms with Crippen molar-refractivity contribution in [3.63, 3.8) is 0 Å². The summed E-state index contributed by atoms with van der Waals surface area (Å²) in [5, 5.41) is 8.46. The number of piperidine rings is 1. The van der Waals surface area contributed by atoms with E-state index in [1.165, 1.54) is 0 Å². The van der Waals surface area contributed by atoms with Crippen LogP contribution in [0.5, 0.6) is 0 Å². The lowest BCUT2D eigenvalue weighted by molar-refractivity contribution is 0.0181. The summed E-state index contributed by atoms with van der Waals surface area (Å²) < 4.78 is 11.4. The number of benzene rings is 1. The van der Waals surface area contributed by atoms with E-state index in [2.05, 4.69) is 17.4 Å². The zero-order valence-electron chi connectivity index (χ0n) is 15.1. The number of hydrogen-bond donors (Lipinski definition) is 1. The zero-order chi connectivity index (χ0) is 19.0. The molecule has 144 valence electrons. The average molecular weight is 409 g/mol. The van der Waals surface area contributed by atoms with Gasteiger partial charge in [0.25, 0.3) is 0 Å². The van der Waals surface area contributed by atoms with E-state index >= 15 is 0 Å². The van der Waals surface area contributed by atoms with Crippen LogP contribution in [0.1, 0.15) is 61.1 Å². The summed E-state index contributed by atoms with van der Waals surface area (Å²) in [6, 6.07) is 5.58. The molecular formula is C20H22Cl2N2O3. The standard InChI is InChI=1S/C20H22Cl2N2O3/c1-2-12-10-13(8-9-23-12)26-20(25)17-18(24-27-19(17)11-6-7-11)16-14(21)4-3-5-15(16)22/h3-5,11-13,23H,2,6-10H2,1H3/t12?,13-/m1/s1. The van der Waals surface area contributed by atoms with Gasteiger partial charge in [-0.3, -0.25) is 0 Å². The van der Waals surface area contributed by atoms with Crippen LogP contribution >= 0.6 is 23.2 Å². The van der Waals surface area contributed by atoms with Crippen molar-refractivity contribution in [2.45, 2.75) is 57.1 Å². The minimum absolute atomic E-state index is 0.111. The van der Waals surface area contributed by atoms with Crippen molar-refractivity contribution in [2.75, 3.05) is 6.54 Å². The molecule has 1 saturated heterocycles. The van der Waals surface area contributed by atoms with Crippen LogP contribution in [0, 0.1) is 0 Å². The molecule has 27 heavy (non-hydrogen) atoms. The first-order valence-corrected chi connectivity index (χ1v) is 10.2. The molecule has 0 amide bonds. The van der Waals surface area contributed by atoms with Gasteiger partial charge in [-0.25, -0.2) is 4.79 Å². The summed E-state index contributed by atoms with van der Waals surface area (Å²) in [6.45, 7) is 2.98. The normalized spacial score (nSPS) is 22.6. The molecule has 4 rings (SSSR count). The molecule has 1 N–H and O–H groups in total. The van der Waals surface area contributed by atoms with Crippen LogP contribution in [-0.4, -0.2) is 29.8 Å². The van der Waals surface area contributed by atoms with Gasteiger partial charge in [0.1, 0.15) is 17.4 Å². The Morgan fingerprint density at radius 1 is 1.30 bits per heavy atom. The fourth-order valence-corrected chi connectivity index (χ4v) is 4.19. The Bertz CT molecular complexity index is 827. The predicted octanol–water partition coefficient (Wildman–Crippen LogP) is 5.21. The van der Waals surface area contributed by atoms with Crippen LogP contribution in [-0.2, 0) is 4.74 Å². The quantitative estimate of drug-likeness (QED) is 0.687. The van der Waals surface area contributed by atoms with Crippen LogP contribution in [0.3, 0.4) is 0 Å². The minimum atomic E-state index is -0.397. The maximum atomic E-state index is 13.1. The lowest BCUT2D eigenvalue weighted by Crippen LogP contribution is -2.41. The van der Waals surface area contributed by atoms with Crippen LogP contribution < -0.4 is 5.32 Å². The van der Waals surface area contributed by atoms with Gasteiger partial charge < -0.3 is 14.6 Å². The monoisotopic (exact) mass is 408 g/mol. The second-order valence-electron chi connectivity index (χ2n) is 7.25. The van der Waals surface area contributed by atoms with Gasteiger partial charge in [-0.15, -0.1) is 0 Å². The van der Waals surface area contributed by atoms with Gasteiger partial charge in [-0.1, -0.05) is 41.3 Å². The molecule has 2 atom stereocenters. The first-order chi connectivity index (χ1) is 13.1. The van der Waals surface area contributed by atoms with E-state index < -0.39 is 5.97 Å². The second-order valence-corrected chi connectivity index (χ2v) is 8.07. The summed E-state index contributed by atoms with van der Waals surface area (Å²) in [4.78, 5) is 13.1. The van der Waals surface area contributed by atoms with Gasteiger partial charge in [-0.2, -0.15) is 0 Å². The summed E-state index contributed by atoms with van der Waals surface area (Å²) in [5.74, 6) is 0.407. The number of nitrogens with zero attached hydrogens (tertiary/aromatic N) is 1. The van der Waals surface area contributed by atoms with E-state index in [4.69, 9.17) is 32.5 Å². The highest BCUT2D eigenvalue weighted by Crippen LogP contribution is 2.46. The topological polar surface area (TPSA) is 64.4 Å². The third-order valence-electron chi connectivity index (χ3n) is 5.28. The van der Waals surface area contributed by atoms with E-state index in [0.29, 0.717) is 38.7 Å². The molecule has 1 aromatic heterocycles. The van der Waals surface area contributed by atoms with Crippen molar-refractivity contribution in [3.05, 3.63) is 39.6 Å². The van der Waals surface area contributed by atoms with Crippen molar-refractivity contribution in [3.8, 4) is 11.3 Å². The highest BCUT2D eigenvalue weighted by Gasteiger charge is 2.38. The van der Waals surface area contributed by atoms with Gasteiger partial charge in [0.2, 0.25) is 0 Å². The fraction of sp³-hybridized carbons (Fsp3) is 0.500. The molecule has 1 saturated carbocycles. The van der Waals surface area contributed by atoms with Crippen LogP contribution in [0.15, 0.2) is 22.7 Å². The maximum Gasteiger partial charge on any atom is 0.344 e. The predicted molar refractivity (Wildman–Crippen MR) is 104 cm³/mol. The SMILES string of the molecule is CCC1C[C@H](OC(=O)c2c(-c3c(Cl)cccc3Cl)noc2C2CC2)CCN1. The van der Waals surface area contributed by atoms with Gasteiger partial charge in [0.05, 0.1) is 10.0 Å². The van der Waals surface area contributed by atoms with E-state index in [1.807, 2.05) is 0 Å². The number of aromatic nitrogens is 1. The number of ether oxygens (including phenoxy) is 1. The first kappa shape index (κ1) is 18.8. The Kier molecular flexibility index (Phi) is 5.44. The molecule has 1 aromatic carbocycles. The molecule has 1 unspecified atom stereocenters. The molecule has 5 nitrogen and oxygen atoms in total. The molecule has 0 radical (unpaired) electrons. The number of carbonyl (C=O) groups excluding carboxylic acids is 1. The number of rotatable bonds is 5. The molecule has 0 bridgehead atoms. The largest absolute Gasteiger partial charge is 0.459 e. The Morgan fingerprint density at radius 3 is 2.70 bits per heavy atom. The van der Waals surface area contributed by atoms with Gasteiger partial charge >= 0.3 is 5.97 Å². The number of esters is 1. The molecule has 2 aliphatic rings. The lowest BCUT2D eigenvalue weighted by Gasteiger charge is -2.29. The number of nitrogens with one attached hydrogen (secondary N) is 1. The average Bonchev–Trinajstić information content (AvgIpc) is 3.41. The molecular weight excluding hydrogens is 387 g/mol. The van der Waals surface area contributed by atoms with Crippen LogP contribution in [0.25, 0.3) is 11.3 Å². The number of hydrogen-bond acceptors (Lipinski definition) is 5. The van der Waals surface area contributed by atoms with Crippen molar-refractivity contribution >= 4 is 29.2 Å². The molecule has 2 fully saturated rings. The Balaban J connectivity index is 1.67. The Hall–Kier alpha value is -1.56. The minimum Gasteiger partial charge on any atom is -0.459 e. The highest BCUT2D eigenvalue weighted by molar-refractivity contribution is 6.39. The molecule has 2 aromatic rings. The molecule has 1 aliphatic carbocycles. The molecule has 1 aliphatic heterocycles. The van der Waals surface area contributed by atoms with Gasteiger partial charge in [0, 0.05) is 17.5 Å². The van der Waals surface area contributed by atoms with E-state index in [9.17, 15) is 4.79 Å². The first-order valence-electron chi connectivity index (χ1n) is 9.46. The fourth-order valence-electron chi connectivity index (χ4n) is 3.61. The molecule has 7 heteroatoms. The van der Waals surface area contributed by atoms with E-state index in [1.54, 1.807) is 18.2 Å². The van der Waals surface area contributed by atoms with Crippen LogP contribution in [0.4, 0.5) is 0 Å². The summed E-state index contributed by atoms with van der Waals surface area (Å²) in [5.41, 5.74) is 1.26. The maximum absolute atomic E-state index is 13.1. The Labute approximate surface area is 168 Å². The number of halogens is 2. The Morgan fingerprint density at radius 2 is 2.04 bits per heavy atom. The third kappa shape index (κ3) is 3.86. The summed E-state index contributed by atoms with van der Waals surface area (Å²) in [6.07, 6.45) is 4.48. The lowest BCUT2D eigenvalue weighted by atomic mass is 9.99. The van der Waals surface area contributed by atoms with E-state index in [0.717, 1.165) is 38.6 Å². The molecule has 0 spiro atoms. The van der Waals surface area contributed by atoms with Crippen molar-refractivity contribution < 1.29 is 14.1 Å². The van der Waals surface area contributed by atoms with Crippen molar-refractivity contribution in [1.29, 1.82) is 0 Å². The summed E-state index contributed by atoms with van der Waals surface area (Å²) in [7, 11) is 0. The van der Waals surface area contributed by atoms with E-state index in [-0.39, 0.29) is 12.0 Å². The second kappa shape index (κ2) is 7.82. The van der Waals surface area contributed by atoms with Gasteiger partial charge in [-0.05, 0) is 50.8 Å². The third-order valence-corrected chi connectivity index (χ3v) is 5.91. The smallest absolute Gasteiger partial charge is 0.344 e. The summed E-state index contributed by atoms with van der Waals surface area (Å²) >= 11 is 12.7. The van der Waals surface area contributed by atoms with Crippen molar-refractivity contribution in [2.24, 2.45) is 0 Å². The highest BCUT2D eigenvalue weighted by atomic mass is 35.5. The van der Waals surface area contributed by atoms with Gasteiger partial charge in [0.15, 0.2) is 5.76 Å². The van der Waals surface area contributed by atoms with Crippen LogP contribution in [0.2, 0.25) is 10.0 Å². The van der Waals surface area contributed by atoms with Crippen molar-refractivity contribution in [1.82, 2.24) is 10.5 Å². The number of carbonyl (C=O) groups is 1.